The van der Waals surface area contributed by atoms with Gasteiger partial charge in [0.2, 0.25) is 0 Å². The van der Waals surface area contributed by atoms with Crippen molar-refractivity contribution >= 4 is 0 Å². The van der Waals surface area contributed by atoms with Gasteiger partial charge in [-0.2, -0.15) is 0 Å². The predicted molar refractivity (Wildman–Crippen MR) is 58.0 cm³/mol. The minimum absolute atomic E-state index is 0.225. The van der Waals surface area contributed by atoms with E-state index in [1.165, 1.54) is 5.56 Å². The zero-order valence-electron chi connectivity index (χ0n) is 9.27. The standard InChI is InChI=1S/C12H17NO/c1-5-6-7-13-10(3)12-8-9(2)11(4)14-12/h8,10,13H,7H2,1-4H3. The summed E-state index contributed by atoms with van der Waals surface area (Å²) in [6, 6.07) is 2.30. The molecular weight excluding hydrogens is 174 g/mol. The molecule has 0 aliphatic heterocycles. The average Bonchev–Trinajstić information content (AvgIpc) is 2.47. The Balaban J connectivity index is 2.58. The van der Waals surface area contributed by atoms with Crippen LogP contribution in [0.5, 0.6) is 0 Å². The van der Waals surface area contributed by atoms with Crippen molar-refractivity contribution in [3.63, 3.8) is 0 Å². The Hall–Kier alpha value is -1.20. The highest BCUT2D eigenvalue weighted by Gasteiger charge is 2.09. The van der Waals surface area contributed by atoms with E-state index in [2.05, 4.69) is 37.1 Å². The Kier molecular flexibility index (Phi) is 3.79. The van der Waals surface area contributed by atoms with Crippen LogP contribution in [0.4, 0.5) is 0 Å². The molecule has 0 aliphatic carbocycles. The van der Waals surface area contributed by atoms with E-state index in [1.54, 1.807) is 0 Å². The second-order valence-corrected chi connectivity index (χ2v) is 3.42. The molecule has 0 saturated heterocycles. The SMILES string of the molecule is CC#CCNC(C)c1cc(C)c(C)o1. The third-order valence-electron chi connectivity index (χ3n) is 2.29. The Labute approximate surface area is 85.7 Å². The summed E-state index contributed by atoms with van der Waals surface area (Å²) in [6.45, 7) is 8.66. The van der Waals surface area contributed by atoms with E-state index in [1.807, 2.05) is 13.8 Å². The van der Waals surface area contributed by atoms with Crippen LogP contribution in [0.3, 0.4) is 0 Å². The highest BCUT2D eigenvalue weighted by atomic mass is 16.3. The Morgan fingerprint density at radius 2 is 2.21 bits per heavy atom. The third-order valence-corrected chi connectivity index (χ3v) is 2.29. The van der Waals surface area contributed by atoms with Crippen LogP contribution >= 0.6 is 0 Å². The number of hydrogen-bond donors (Lipinski definition) is 1. The lowest BCUT2D eigenvalue weighted by Gasteiger charge is -2.07. The summed E-state index contributed by atoms with van der Waals surface area (Å²) >= 11 is 0. The summed E-state index contributed by atoms with van der Waals surface area (Å²) in [6.07, 6.45) is 0. The summed E-state index contributed by atoms with van der Waals surface area (Å²) in [5.41, 5.74) is 1.20. The van der Waals surface area contributed by atoms with Crippen molar-refractivity contribution < 1.29 is 4.42 Å². The zero-order valence-corrected chi connectivity index (χ0v) is 9.27. The molecule has 2 heteroatoms. The molecule has 1 atom stereocenters. The van der Waals surface area contributed by atoms with Gasteiger partial charge in [0.25, 0.3) is 0 Å². The van der Waals surface area contributed by atoms with Gasteiger partial charge in [0, 0.05) is 0 Å². The van der Waals surface area contributed by atoms with Crippen LogP contribution in [0.25, 0.3) is 0 Å². The smallest absolute Gasteiger partial charge is 0.121 e. The summed E-state index contributed by atoms with van der Waals surface area (Å²) in [4.78, 5) is 0. The van der Waals surface area contributed by atoms with Crippen molar-refractivity contribution in [2.75, 3.05) is 6.54 Å². The van der Waals surface area contributed by atoms with Crippen LogP contribution in [-0.4, -0.2) is 6.54 Å². The van der Waals surface area contributed by atoms with E-state index < -0.39 is 0 Å². The van der Waals surface area contributed by atoms with Crippen molar-refractivity contribution in [1.29, 1.82) is 0 Å². The molecule has 1 heterocycles. The number of nitrogens with one attached hydrogen (secondary N) is 1. The zero-order chi connectivity index (χ0) is 10.6. The summed E-state index contributed by atoms with van der Waals surface area (Å²) in [5.74, 6) is 7.80. The van der Waals surface area contributed by atoms with Gasteiger partial charge in [-0.05, 0) is 39.3 Å². The third kappa shape index (κ3) is 2.65. The van der Waals surface area contributed by atoms with Crippen LogP contribution in [0.2, 0.25) is 0 Å². The molecule has 0 radical (unpaired) electrons. The van der Waals surface area contributed by atoms with Crippen molar-refractivity contribution in [2.24, 2.45) is 0 Å². The molecule has 0 bridgehead atoms. The van der Waals surface area contributed by atoms with Crippen LogP contribution in [0, 0.1) is 25.7 Å². The Bertz CT molecular complexity index is 335. The predicted octanol–water partition coefficient (Wildman–Crippen LogP) is 2.57. The molecule has 0 spiro atoms. The molecule has 0 amide bonds. The van der Waals surface area contributed by atoms with Gasteiger partial charge in [-0.15, -0.1) is 5.92 Å². The molecule has 1 unspecified atom stereocenters. The topological polar surface area (TPSA) is 25.2 Å². The average molecular weight is 191 g/mol. The fourth-order valence-electron chi connectivity index (χ4n) is 1.21. The molecular formula is C12H17NO. The second-order valence-electron chi connectivity index (χ2n) is 3.42. The normalized spacial score (nSPS) is 12.0. The van der Waals surface area contributed by atoms with Gasteiger partial charge in [0.1, 0.15) is 11.5 Å². The number of furan rings is 1. The molecule has 2 nitrogen and oxygen atoms in total. The largest absolute Gasteiger partial charge is 0.464 e. The maximum absolute atomic E-state index is 5.60. The monoisotopic (exact) mass is 191 g/mol. The van der Waals surface area contributed by atoms with Gasteiger partial charge < -0.3 is 4.42 Å². The second kappa shape index (κ2) is 4.88. The number of rotatable bonds is 3. The van der Waals surface area contributed by atoms with Gasteiger partial charge >= 0.3 is 0 Å². The minimum Gasteiger partial charge on any atom is -0.464 e. The summed E-state index contributed by atoms with van der Waals surface area (Å²) in [7, 11) is 0. The first kappa shape index (κ1) is 10.9. The van der Waals surface area contributed by atoms with E-state index >= 15 is 0 Å². The molecule has 76 valence electrons. The highest BCUT2D eigenvalue weighted by Crippen LogP contribution is 2.19. The van der Waals surface area contributed by atoms with Gasteiger partial charge in [0.15, 0.2) is 0 Å². The Morgan fingerprint density at radius 3 is 2.71 bits per heavy atom. The number of hydrogen-bond acceptors (Lipinski definition) is 2. The van der Waals surface area contributed by atoms with Crippen molar-refractivity contribution in [3.05, 3.63) is 23.2 Å². The lowest BCUT2D eigenvalue weighted by molar-refractivity contribution is 0.426. The maximum atomic E-state index is 5.60. The lowest BCUT2D eigenvalue weighted by atomic mass is 10.2. The molecule has 1 aromatic rings. The molecule has 1 N–H and O–H groups in total. The highest BCUT2D eigenvalue weighted by molar-refractivity contribution is 5.20. The van der Waals surface area contributed by atoms with Crippen molar-refractivity contribution in [3.8, 4) is 11.8 Å². The van der Waals surface area contributed by atoms with Gasteiger partial charge in [-0.1, -0.05) is 5.92 Å². The quantitative estimate of drug-likeness (QED) is 0.743. The summed E-state index contributed by atoms with van der Waals surface area (Å²) < 4.78 is 5.60. The van der Waals surface area contributed by atoms with E-state index in [9.17, 15) is 0 Å². The van der Waals surface area contributed by atoms with Crippen molar-refractivity contribution in [1.82, 2.24) is 5.32 Å². The molecule has 0 fully saturated rings. The van der Waals surface area contributed by atoms with E-state index in [0.29, 0.717) is 6.54 Å². The molecule has 1 rings (SSSR count). The van der Waals surface area contributed by atoms with Crippen LogP contribution < -0.4 is 5.32 Å². The molecule has 0 aliphatic rings. The van der Waals surface area contributed by atoms with Crippen LogP contribution in [0.15, 0.2) is 10.5 Å². The van der Waals surface area contributed by atoms with Crippen LogP contribution in [0.1, 0.15) is 37.0 Å². The molecule has 1 aromatic heterocycles. The molecule has 0 saturated carbocycles. The number of aryl methyl sites for hydroxylation is 2. The Morgan fingerprint density at radius 1 is 1.50 bits per heavy atom. The fourth-order valence-corrected chi connectivity index (χ4v) is 1.21. The first-order valence-corrected chi connectivity index (χ1v) is 4.85. The summed E-state index contributed by atoms with van der Waals surface area (Å²) in [5, 5.41) is 3.27. The molecule has 14 heavy (non-hydrogen) atoms. The minimum atomic E-state index is 0.225. The van der Waals surface area contributed by atoms with Gasteiger partial charge in [-0.3, -0.25) is 5.32 Å². The van der Waals surface area contributed by atoms with Crippen molar-refractivity contribution in [2.45, 2.75) is 33.7 Å². The first-order chi connectivity index (χ1) is 6.65. The van der Waals surface area contributed by atoms with Crippen LogP contribution in [-0.2, 0) is 0 Å². The first-order valence-electron chi connectivity index (χ1n) is 4.85. The van der Waals surface area contributed by atoms with Gasteiger partial charge in [-0.25, -0.2) is 0 Å². The lowest BCUT2D eigenvalue weighted by Crippen LogP contribution is -2.18. The molecule has 0 aromatic carbocycles. The fraction of sp³-hybridized carbons (Fsp3) is 0.500. The van der Waals surface area contributed by atoms with E-state index in [4.69, 9.17) is 4.42 Å². The van der Waals surface area contributed by atoms with E-state index in [-0.39, 0.29) is 6.04 Å². The van der Waals surface area contributed by atoms with E-state index in [0.717, 1.165) is 11.5 Å². The van der Waals surface area contributed by atoms with Gasteiger partial charge in [0.05, 0.1) is 12.6 Å². The maximum Gasteiger partial charge on any atom is 0.121 e.